The molecule has 0 radical (unpaired) electrons. The van der Waals surface area contributed by atoms with Crippen molar-refractivity contribution in [3.63, 3.8) is 0 Å². The molecule has 0 spiro atoms. The van der Waals surface area contributed by atoms with Crippen LogP contribution in [0.2, 0.25) is 0 Å². The highest BCUT2D eigenvalue weighted by Crippen LogP contribution is 2.32. The maximum Gasteiger partial charge on any atom is 0.416 e. The van der Waals surface area contributed by atoms with Crippen molar-refractivity contribution in [3.05, 3.63) is 57.5 Å². The molecule has 0 N–H and O–H groups in total. The van der Waals surface area contributed by atoms with Gasteiger partial charge < -0.3 is 4.42 Å². The number of benzene rings is 1. The maximum atomic E-state index is 12.6. The van der Waals surface area contributed by atoms with Gasteiger partial charge in [0.15, 0.2) is 5.76 Å². The summed E-state index contributed by atoms with van der Waals surface area (Å²) < 4.78 is 43.3. The first-order valence-electron chi connectivity index (χ1n) is 5.27. The fraction of sp³-hybridized carbons (Fsp3) is 0.154. The van der Waals surface area contributed by atoms with Gasteiger partial charge in [0.1, 0.15) is 5.76 Å². The average molecular weight is 333 g/mol. The first kappa shape index (κ1) is 13.9. The largest absolute Gasteiger partial charge is 0.458 e. The number of furan rings is 1. The van der Waals surface area contributed by atoms with Crippen LogP contribution in [0.4, 0.5) is 13.2 Å². The van der Waals surface area contributed by atoms with Crippen LogP contribution in [0.3, 0.4) is 0 Å². The van der Waals surface area contributed by atoms with E-state index >= 15 is 0 Å². The van der Waals surface area contributed by atoms with Gasteiger partial charge in [0.25, 0.3) is 0 Å². The van der Waals surface area contributed by atoms with Gasteiger partial charge in [-0.1, -0.05) is 15.9 Å². The van der Waals surface area contributed by atoms with E-state index in [0.717, 1.165) is 12.1 Å². The zero-order valence-corrected chi connectivity index (χ0v) is 11.3. The summed E-state index contributed by atoms with van der Waals surface area (Å²) in [6.45, 7) is 1.65. The minimum atomic E-state index is -4.49. The van der Waals surface area contributed by atoms with E-state index in [0.29, 0.717) is 10.2 Å². The smallest absolute Gasteiger partial charge is 0.416 e. The van der Waals surface area contributed by atoms with Gasteiger partial charge in [0.2, 0.25) is 5.78 Å². The number of carbonyl (C=O) groups is 1. The molecular formula is C13H8BrF3O2. The summed E-state index contributed by atoms with van der Waals surface area (Å²) in [5.74, 6) is -0.0601. The van der Waals surface area contributed by atoms with Crippen LogP contribution in [0.25, 0.3) is 0 Å². The minimum Gasteiger partial charge on any atom is -0.458 e. The number of halogens is 4. The molecule has 100 valence electrons. The summed E-state index contributed by atoms with van der Waals surface area (Å²) in [5.41, 5.74) is -0.952. The van der Waals surface area contributed by atoms with Crippen LogP contribution < -0.4 is 0 Å². The molecule has 0 saturated carbocycles. The molecule has 0 amide bonds. The Morgan fingerprint density at radius 2 is 1.89 bits per heavy atom. The highest BCUT2D eigenvalue weighted by atomic mass is 79.9. The van der Waals surface area contributed by atoms with Crippen molar-refractivity contribution in [3.8, 4) is 0 Å². The standard InChI is InChI=1S/C13H8BrF3O2/c1-7-2-5-11(19-7)12(18)9-6-8(13(15,16)17)3-4-10(9)14/h2-6H,1H3. The molecule has 0 unspecified atom stereocenters. The van der Waals surface area contributed by atoms with E-state index in [1.807, 2.05) is 0 Å². The number of hydrogen-bond acceptors (Lipinski definition) is 2. The van der Waals surface area contributed by atoms with Gasteiger partial charge in [-0.2, -0.15) is 13.2 Å². The lowest BCUT2D eigenvalue weighted by Gasteiger charge is -2.09. The van der Waals surface area contributed by atoms with Crippen molar-refractivity contribution in [2.24, 2.45) is 0 Å². The second kappa shape index (κ2) is 4.85. The summed E-state index contributed by atoms with van der Waals surface area (Å²) in [6, 6.07) is 5.93. The Kier molecular flexibility index (Phi) is 3.54. The third-order valence-corrected chi connectivity index (χ3v) is 3.19. The van der Waals surface area contributed by atoms with E-state index in [9.17, 15) is 18.0 Å². The molecule has 2 nitrogen and oxygen atoms in total. The molecule has 1 aromatic carbocycles. The monoisotopic (exact) mass is 332 g/mol. The van der Waals surface area contributed by atoms with Gasteiger partial charge >= 0.3 is 6.18 Å². The van der Waals surface area contributed by atoms with E-state index in [1.54, 1.807) is 13.0 Å². The second-order valence-corrected chi connectivity index (χ2v) is 4.79. The van der Waals surface area contributed by atoms with E-state index < -0.39 is 17.5 Å². The van der Waals surface area contributed by atoms with Crippen molar-refractivity contribution < 1.29 is 22.4 Å². The Morgan fingerprint density at radius 1 is 1.21 bits per heavy atom. The van der Waals surface area contributed by atoms with Gasteiger partial charge in [-0.05, 0) is 37.3 Å². The topological polar surface area (TPSA) is 30.2 Å². The van der Waals surface area contributed by atoms with Crippen LogP contribution >= 0.6 is 15.9 Å². The second-order valence-electron chi connectivity index (χ2n) is 3.93. The van der Waals surface area contributed by atoms with Crippen LogP contribution in [0.1, 0.15) is 27.4 Å². The van der Waals surface area contributed by atoms with Crippen LogP contribution in [0, 0.1) is 6.92 Å². The minimum absolute atomic E-state index is 0.0116. The maximum absolute atomic E-state index is 12.6. The summed E-state index contributed by atoms with van der Waals surface area (Å²) in [6.07, 6.45) is -4.49. The molecule has 0 bridgehead atoms. The zero-order valence-electron chi connectivity index (χ0n) is 9.72. The Balaban J connectivity index is 2.47. The lowest BCUT2D eigenvalue weighted by Crippen LogP contribution is -2.08. The SMILES string of the molecule is Cc1ccc(C(=O)c2cc(C(F)(F)F)ccc2Br)o1. The molecular weight excluding hydrogens is 325 g/mol. The average Bonchev–Trinajstić information content (AvgIpc) is 2.74. The van der Waals surface area contributed by atoms with Crippen molar-refractivity contribution in [2.45, 2.75) is 13.1 Å². The predicted molar refractivity (Wildman–Crippen MR) is 66.0 cm³/mol. The first-order valence-corrected chi connectivity index (χ1v) is 6.06. The summed E-state index contributed by atoms with van der Waals surface area (Å²) in [4.78, 5) is 12.1. The van der Waals surface area contributed by atoms with E-state index in [4.69, 9.17) is 4.42 Å². The van der Waals surface area contributed by atoms with Gasteiger partial charge in [0, 0.05) is 10.0 Å². The first-order chi connectivity index (χ1) is 8.79. The molecule has 19 heavy (non-hydrogen) atoms. The number of alkyl halides is 3. The molecule has 0 aliphatic rings. The Hall–Kier alpha value is -1.56. The lowest BCUT2D eigenvalue weighted by molar-refractivity contribution is -0.137. The molecule has 6 heteroatoms. The number of aryl methyl sites for hydroxylation is 1. The van der Waals surface area contributed by atoms with Crippen molar-refractivity contribution >= 4 is 21.7 Å². The molecule has 0 aliphatic carbocycles. The Labute approximate surface area is 115 Å². The third-order valence-electron chi connectivity index (χ3n) is 2.50. The number of carbonyl (C=O) groups excluding carboxylic acids is 1. The van der Waals surface area contributed by atoms with E-state index in [-0.39, 0.29) is 11.3 Å². The molecule has 2 rings (SSSR count). The highest BCUT2D eigenvalue weighted by molar-refractivity contribution is 9.10. The summed E-state index contributed by atoms with van der Waals surface area (Å²) >= 11 is 3.07. The van der Waals surface area contributed by atoms with Gasteiger partial charge in [-0.3, -0.25) is 4.79 Å². The molecule has 0 atom stereocenters. The molecule has 2 aromatic rings. The number of rotatable bonds is 2. The molecule has 1 heterocycles. The fourth-order valence-corrected chi connectivity index (χ4v) is 1.99. The van der Waals surface area contributed by atoms with Crippen LogP contribution in [-0.4, -0.2) is 5.78 Å². The molecule has 1 aromatic heterocycles. The molecule has 0 fully saturated rings. The zero-order chi connectivity index (χ0) is 14.2. The van der Waals surface area contributed by atoms with Gasteiger partial charge in [0.05, 0.1) is 5.56 Å². The Morgan fingerprint density at radius 3 is 2.42 bits per heavy atom. The van der Waals surface area contributed by atoms with Gasteiger partial charge in [-0.15, -0.1) is 0 Å². The van der Waals surface area contributed by atoms with Crippen molar-refractivity contribution in [1.29, 1.82) is 0 Å². The Bertz CT molecular complexity index is 629. The summed E-state index contributed by atoms with van der Waals surface area (Å²) in [5, 5.41) is 0. The number of hydrogen-bond donors (Lipinski definition) is 0. The third kappa shape index (κ3) is 2.89. The molecule has 0 aliphatic heterocycles. The summed E-state index contributed by atoms with van der Waals surface area (Å²) in [7, 11) is 0. The van der Waals surface area contributed by atoms with Crippen LogP contribution in [-0.2, 0) is 6.18 Å². The quantitative estimate of drug-likeness (QED) is 0.752. The van der Waals surface area contributed by atoms with E-state index in [1.165, 1.54) is 12.1 Å². The van der Waals surface area contributed by atoms with Crippen LogP contribution in [0.5, 0.6) is 0 Å². The lowest BCUT2D eigenvalue weighted by atomic mass is 10.1. The number of ketones is 1. The predicted octanol–water partition coefficient (Wildman–Crippen LogP) is 4.60. The fourth-order valence-electron chi connectivity index (χ4n) is 1.56. The van der Waals surface area contributed by atoms with Gasteiger partial charge in [-0.25, -0.2) is 0 Å². The molecule has 0 saturated heterocycles. The normalized spacial score (nSPS) is 11.6. The van der Waals surface area contributed by atoms with E-state index in [2.05, 4.69) is 15.9 Å². The van der Waals surface area contributed by atoms with Crippen LogP contribution in [0.15, 0.2) is 39.2 Å². The van der Waals surface area contributed by atoms with Crippen molar-refractivity contribution in [2.75, 3.05) is 0 Å². The van der Waals surface area contributed by atoms with Crippen molar-refractivity contribution in [1.82, 2.24) is 0 Å². The highest BCUT2D eigenvalue weighted by Gasteiger charge is 2.32.